The van der Waals surface area contributed by atoms with Crippen LogP contribution in [0, 0.1) is 13.8 Å². The number of amides is 1. The summed E-state index contributed by atoms with van der Waals surface area (Å²) in [6.45, 7) is 6.18. The Labute approximate surface area is 120 Å². The van der Waals surface area contributed by atoms with Crippen LogP contribution in [0.4, 0.5) is 5.69 Å². The fourth-order valence-electron chi connectivity index (χ4n) is 2.05. The van der Waals surface area contributed by atoms with Gasteiger partial charge in [-0.2, -0.15) is 0 Å². The highest BCUT2D eigenvalue weighted by Gasteiger charge is 2.17. The van der Waals surface area contributed by atoms with Gasteiger partial charge in [0.1, 0.15) is 0 Å². The summed E-state index contributed by atoms with van der Waals surface area (Å²) in [5.41, 5.74) is 3.13. The smallest absolute Gasteiger partial charge is 0.226 e. The van der Waals surface area contributed by atoms with Crippen molar-refractivity contribution in [2.24, 2.45) is 0 Å². The second-order valence-corrected chi connectivity index (χ2v) is 4.80. The molecule has 1 heterocycles. The first-order valence-corrected chi connectivity index (χ1v) is 6.33. The quantitative estimate of drug-likeness (QED) is 0.893. The SMILES string of the molecule is Cc1ccc(C)c(NC(=O)CC2COCCN2)c1.Cl. The van der Waals surface area contributed by atoms with E-state index in [-0.39, 0.29) is 24.4 Å². The van der Waals surface area contributed by atoms with Gasteiger partial charge < -0.3 is 15.4 Å². The highest BCUT2D eigenvalue weighted by Crippen LogP contribution is 2.16. The molecule has 0 bridgehead atoms. The molecule has 106 valence electrons. The minimum Gasteiger partial charge on any atom is -0.378 e. The van der Waals surface area contributed by atoms with Crippen molar-refractivity contribution in [1.82, 2.24) is 5.32 Å². The third-order valence-corrected chi connectivity index (χ3v) is 3.10. The maximum atomic E-state index is 11.9. The molecular formula is C14H21ClN2O2. The Bertz CT molecular complexity index is 431. The standard InChI is InChI=1S/C14H20N2O2.ClH/c1-10-3-4-11(2)13(7-10)16-14(17)8-12-9-18-6-5-15-12;/h3-4,7,12,15H,5-6,8-9H2,1-2H3,(H,16,17);1H. The van der Waals surface area contributed by atoms with Gasteiger partial charge in [0.25, 0.3) is 0 Å². The van der Waals surface area contributed by atoms with Gasteiger partial charge >= 0.3 is 0 Å². The van der Waals surface area contributed by atoms with Crippen LogP contribution in [0.5, 0.6) is 0 Å². The minimum absolute atomic E-state index is 0. The number of hydrogen-bond donors (Lipinski definition) is 2. The largest absolute Gasteiger partial charge is 0.378 e. The van der Waals surface area contributed by atoms with Gasteiger partial charge in [-0.05, 0) is 31.0 Å². The van der Waals surface area contributed by atoms with Crippen molar-refractivity contribution in [3.05, 3.63) is 29.3 Å². The number of nitrogens with one attached hydrogen (secondary N) is 2. The third kappa shape index (κ3) is 4.82. The lowest BCUT2D eigenvalue weighted by Gasteiger charge is -2.23. The van der Waals surface area contributed by atoms with Crippen LogP contribution < -0.4 is 10.6 Å². The van der Waals surface area contributed by atoms with Gasteiger partial charge in [0.2, 0.25) is 5.91 Å². The molecule has 1 fully saturated rings. The molecule has 1 aromatic rings. The number of hydrogen-bond acceptors (Lipinski definition) is 3. The highest BCUT2D eigenvalue weighted by atomic mass is 35.5. The summed E-state index contributed by atoms with van der Waals surface area (Å²) in [5.74, 6) is 0.0340. The molecule has 0 spiro atoms. The summed E-state index contributed by atoms with van der Waals surface area (Å²) >= 11 is 0. The number of morpholine rings is 1. The molecule has 2 rings (SSSR count). The Morgan fingerprint density at radius 2 is 2.26 bits per heavy atom. The molecule has 5 heteroatoms. The monoisotopic (exact) mass is 284 g/mol. The first kappa shape index (κ1) is 16.0. The van der Waals surface area contributed by atoms with Crippen LogP contribution in [0.25, 0.3) is 0 Å². The maximum absolute atomic E-state index is 11.9. The number of carbonyl (C=O) groups is 1. The van der Waals surface area contributed by atoms with Gasteiger partial charge in [-0.15, -0.1) is 12.4 Å². The van der Waals surface area contributed by atoms with Crippen LogP contribution in [-0.2, 0) is 9.53 Å². The lowest BCUT2D eigenvalue weighted by Crippen LogP contribution is -2.43. The summed E-state index contributed by atoms with van der Waals surface area (Å²) in [5, 5.41) is 6.24. The summed E-state index contributed by atoms with van der Waals surface area (Å²) in [7, 11) is 0. The van der Waals surface area contributed by atoms with Crippen molar-refractivity contribution in [2.45, 2.75) is 26.3 Å². The van der Waals surface area contributed by atoms with Gasteiger partial charge in [-0.25, -0.2) is 0 Å². The first-order valence-electron chi connectivity index (χ1n) is 6.33. The van der Waals surface area contributed by atoms with E-state index in [2.05, 4.69) is 10.6 Å². The van der Waals surface area contributed by atoms with E-state index < -0.39 is 0 Å². The molecule has 1 unspecified atom stereocenters. The molecule has 1 saturated heterocycles. The van der Waals surface area contributed by atoms with Gasteiger partial charge in [0.05, 0.1) is 13.2 Å². The van der Waals surface area contributed by atoms with Crippen LogP contribution in [0.2, 0.25) is 0 Å². The number of anilines is 1. The highest BCUT2D eigenvalue weighted by molar-refractivity contribution is 5.92. The summed E-state index contributed by atoms with van der Waals surface area (Å²) in [4.78, 5) is 11.9. The average Bonchev–Trinajstić information content (AvgIpc) is 2.35. The zero-order valence-corrected chi connectivity index (χ0v) is 12.2. The Balaban J connectivity index is 0.00000180. The second-order valence-electron chi connectivity index (χ2n) is 4.80. The van der Waals surface area contributed by atoms with E-state index in [1.54, 1.807) is 0 Å². The zero-order chi connectivity index (χ0) is 13.0. The zero-order valence-electron chi connectivity index (χ0n) is 11.4. The average molecular weight is 285 g/mol. The Kier molecular flexibility index (Phi) is 6.28. The second kappa shape index (κ2) is 7.48. The fraction of sp³-hybridized carbons (Fsp3) is 0.500. The lowest BCUT2D eigenvalue weighted by molar-refractivity contribution is -0.117. The van der Waals surface area contributed by atoms with Gasteiger partial charge in [0.15, 0.2) is 0 Å². The van der Waals surface area contributed by atoms with Crippen molar-refractivity contribution in [3.63, 3.8) is 0 Å². The molecule has 1 aliphatic rings. The van der Waals surface area contributed by atoms with E-state index in [1.807, 2.05) is 32.0 Å². The van der Waals surface area contributed by atoms with Crippen LogP contribution >= 0.6 is 12.4 Å². The minimum atomic E-state index is 0. The van der Waals surface area contributed by atoms with E-state index in [9.17, 15) is 4.79 Å². The van der Waals surface area contributed by atoms with Crippen LogP contribution in [0.15, 0.2) is 18.2 Å². The molecular weight excluding hydrogens is 264 g/mol. The number of rotatable bonds is 3. The topological polar surface area (TPSA) is 50.4 Å². The van der Waals surface area contributed by atoms with E-state index in [0.29, 0.717) is 13.0 Å². The number of aryl methyl sites for hydroxylation is 2. The van der Waals surface area contributed by atoms with Gasteiger partial charge in [-0.3, -0.25) is 4.79 Å². The predicted octanol–water partition coefficient (Wildman–Crippen LogP) is 2.04. The molecule has 1 atom stereocenters. The van der Waals surface area contributed by atoms with E-state index >= 15 is 0 Å². The summed E-state index contributed by atoms with van der Waals surface area (Å²) in [6.07, 6.45) is 0.452. The van der Waals surface area contributed by atoms with Crippen molar-refractivity contribution in [2.75, 3.05) is 25.1 Å². The summed E-state index contributed by atoms with van der Waals surface area (Å²) < 4.78 is 5.33. The molecule has 1 amide bonds. The number of carbonyl (C=O) groups excluding carboxylic acids is 1. The molecule has 0 saturated carbocycles. The van der Waals surface area contributed by atoms with E-state index in [1.165, 1.54) is 0 Å². The van der Waals surface area contributed by atoms with Crippen LogP contribution in [0.1, 0.15) is 17.5 Å². The Morgan fingerprint density at radius 3 is 2.95 bits per heavy atom. The molecule has 4 nitrogen and oxygen atoms in total. The fourth-order valence-corrected chi connectivity index (χ4v) is 2.05. The molecule has 2 N–H and O–H groups in total. The van der Waals surface area contributed by atoms with E-state index in [0.717, 1.165) is 30.0 Å². The number of halogens is 1. The summed E-state index contributed by atoms with van der Waals surface area (Å²) in [6, 6.07) is 6.19. The third-order valence-electron chi connectivity index (χ3n) is 3.10. The van der Waals surface area contributed by atoms with Crippen LogP contribution in [-0.4, -0.2) is 31.7 Å². The maximum Gasteiger partial charge on any atom is 0.226 e. The van der Waals surface area contributed by atoms with Crippen molar-refractivity contribution >= 4 is 24.0 Å². The predicted molar refractivity (Wildman–Crippen MR) is 79.0 cm³/mol. The van der Waals surface area contributed by atoms with Gasteiger partial charge in [0, 0.05) is 24.7 Å². The number of benzene rings is 1. The molecule has 0 aliphatic carbocycles. The molecule has 1 aromatic carbocycles. The lowest BCUT2D eigenvalue weighted by atomic mass is 10.1. The first-order chi connectivity index (χ1) is 8.65. The number of ether oxygens (including phenoxy) is 1. The van der Waals surface area contributed by atoms with Crippen molar-refractivity contribution in [1.29, 1.82) is 0 Å². The molecule has 0 radical (unpaired) electrons. The van der Waals surface area contributed by atoms with Crippen molar-refractivity contribution in [3.8, 4) is 0 Å². The molecule has 1 aliphatic heterocycles. The normalized spacial score (nSPS) is 18.5. The van der Waals surface area contributed by atoms with E-state index in [4.69, 9.17) is 4.74 Å². The molecule has 0 aromatic heterocycles. The molecule has 19 heavy (non-hydrogen) atoms. The van der Waals surface area contributed by atoms with Crippen LogP contribution in [0.3, 0.4) is 0 Å². The van der Waals surface area contributed by atoms with Crippen molar-refractivity contribution < 1.29 is 9.53 Å². The van der Waals surface area contributed by atoms with Gasteiger partial charge in [-0.1, -0.05) is 12.1 Å². The Hall–Kier alpha value is -1.10. The Morgan fingerprint density at radius 1 is 1.47 bits per heavy atom.